The Morgan fingerprint density at radius 3 is 2.26 bits per heavy atom. The van der Waals surface area contributed by atoms with Crippen LogP contribution < -0.4 is 5.73 Å². The SMILES string of the molecule is Cc1cccc(C)c1N=C(N)SCc1ccccc1. The van der Waals surface area contributed by atoms with Gasteiger partial charge in [0.15, 0.2) is 5.17 Å². The Hall–Kier alpha value is -1.74. The maximum absolute atomic E-state index is 6.00. The second kappa shape index (κ2) is 6.43. The number of aryl methyl sites for hydroxylation is 2. The smallest absolute Gasteiger partial charge is 0.159 e. The van der Waals surface area contributed by atoms with E-state index in [0.29, 0.717) is 5.17 Å². The molecule has 2 rings (SSSR count). The van der Waals surface area contributed by atoms with E-state index in [2.05, 4.69) is 43.1 Å². The summed E-state index contributed by atoms with van der Waals surface area (Å²) in [6, 6.07) is 16.4. The van der Waals surface area contributed by atoms with Crippen LogP contribution in [0.3, 0.4) is 0 Å². The third-order valence-electron chi connectivity index (χ3n) is 2.89. The van der Waals surface area contributed by atoms with Gasteiger partial charge < -0.3 is 5.73 Å². The molecule has 0 spiro atoms. The number of nitrogens with zero attached hydrogens (tertiary/aromatic N) is 1. The van der Waals surface area contributed by atoms with Crippen molar-refractivity contribution in [1.82, 2.24) is 0 Å². The van der Waals surface area contributed by atoms with E-state index in [1.165, 1.54) is 5.56 Å². The first-order chi connectivity index (χ1) is 9.16. The molecule has 0 bridgehead atoms. The van der Waals surface area contributed by atoms with Gasteiger partial charge in [0.05, 0.1) is 5.69 Å². The van der Waals surface area contributed by atoms with Crippen LogP contribution in [-0.4, -0.2) is 5.17 Å². The van der Waals surface area contributed by atoms with Crippen LogP contribution in [0.15, 0.2) is 53.5 Å². The van der Waals surface area contributed by atoms with Gasteiger partial charge in [-0.25, -0.2) is 4.99 Å². The zero-order valence-corrected chi connectivity index (χ0v) is 12.1. The van der Waals surface area contributed by atoms with E-state index in [1.54, 1.807) is 11.8 Å². The zero-order valence-electron chi connectivity index (χ0n) is 11.3. The summed E-state index contributed by atoms with van der Waals surface area (Å²) in [6.45, 7) is 4.11. The molecule has 0 aromatic heterocycles. The summed E-state index contributed by atoms with van der Waals surface area (Å²) in [5.41, 5.74) is 10.6. The Balaban J connectivity index is 2.07. The Morgan fingerprint density at radius 1 is 1.00 bits per heavy atom. The van der Waals surface area contributed by atoms with Gasteiger partial charge in [-0.2, -0.15) is 0 Å². The van der Waals surface area contributed by atoms with E-state index in [4.69, 9.17) is 5.73 Å². The van der Waals surface area contributed by atoms with Crippen molar-refractivity contribution in [3.8, 4) is 0 Å². The minimum Gasteiger partial charge on any atom is -0.378 e. The molecule has 0 aliphatic heterocycles. The molecule has 3 heteroatoms. The second-order valence-corrected chi connectivity index (χ2v) is 5.46. The van der Waals surface area contributed by atoms with Crippen molar-refractivity contribution in [1.29, 1.82) is 0 Å². The van der Waals surface area contributed by atoms with Crippen molar-refractivity contribution in [2.24, 2.45) is 10.7 Å². The van der Waals surface area contributed by atoms with Crippen LogP contribution in [0.5, 0.6) is 0 Å². The largest absolute Gasteiger partial charge is 0.378 e. The van der Waals surface area contributed by atoms with E-state index in [0.717, 1.165) is 22.6 Å². The van der Waals surface area contributed by atoms with Crippen LogP contribution in [0.2, 0.25) is 0 Å². The molecule has 0 aliphatic carbocycles. The molecule has 2 aromatic carbocycles. The zero-order chi connectivity index (χ0) is 13.7. The fraction of sp³-hybridized carbons (Fsp3) is 0.188. The highest BCUT2D eigenvalue weighted by atomic mass is 32.2. The molecule has 0 aliphatic rings. The summed E-state index contributed by atoms with van der Waals surface area (Å²) in [7, 11) is 0. The average molecular weight is 270 g/mol. The van der Waals surface area contributed by atoms with Crippen LogP contribution in [0.25, 0.3) is 0 Å². The summed E-state index contributed by atoms with van der Waals surface area (Å²) in [5.74, 6) is 0.848. The van der Waals surface area contributed by atoms with Crippen molar-refractivity contribution in [2.75, 3.05) is 0 Å². The van der Waals surface area contributed by atoms with E-state index < -0.39 is 0 Å². The fourth-order valence-corrected chi connectivity index (χ4v) is 2.52. The molecule has 2 aromatic rings. The predicted octanol–water partition coefficient (Wildman–Crippen LogP) is 4.18. The number of thioether (sulfide) groups is 1. The van der Waals surface area contributed by atoms with Crippen LogP contribution in [0.4, 0.5) is 5.69 Å². The van der Waals surface area contributed by atoms with Crippen molar-refractivity contribution < 1.29 is 0 Å². The third kappa shape index (κ3) is 3.86. The van der Waals surface area contributed by atoms with Crippen molar-refractivity contribution >= 4 is 22.6 Å². The highest BCUT2D eigenvalue weighted by Gasteiger charge is 2.02. The lowest BCUT2D eigenvalue weighted by Crippen LogP contribution is -2.06. The topological polar surface area (TPSA) is 38.4 Å². The van der Waals surface area contributed by atoms with Gasteiger partial charge in [-0.3, -0.25) is 0 Å². The van der Waals surface area contributed by atoms with Crippen molar-refractivity contribution in [2.45, 2.75) is 19.6 Å². The lowest BCUT2D eigenvalue weighted by molar-refractivity contribution is 1.32. The second-order valence-electron chi connectivity index (χ2n) is 4.46. The number of nitrogens with two attached hydrogens (primary N) is 1. The maximum atomic E-state index is 6.00. The monoisotopic (exact) mass is 270 g/mol. The van der Waals surface area contributed by atoms with Crippen LogP contribution in [-0.2, 0) is 5.75 Å². The van der Waals surface area contributed by atoms with E-state index in [1.807, 2.05) is 24.3 Å². The number of aliphatic imine (C=N–C) groups is 1. The quantitative estimate of drug-likeness (QED) is 0.671. The minimum atomic E-state index is 0.612. The number of para-hydroxylation sites is 1. The minimum absolute atomic E-state index is 0.612. The normalized spacial score (nSPS) is 11.6. The standard InChI is InChI=1S/C16H18N2S/c1-12-7-6-8-13(2)15(12)18-16(17)19-11-14-9-4-3-5-10-14/h3-10H,11H2,1-2H3,(H2,17,18). The Morgan fingerprint density at radius 2 is 1.63 bits per heavy atom. The lowest BCUT2D eigenvalue weighted by Gasteiger charge is -2.06. The predicted molar refractivity (Wildman–Crippen MR) is 84.9 cm³/mol. The molecule has 0 amide bonds. The first kappa shape index (κ1) is 13.7. The summed E-state index contributed by atoms with van der Waals surface area (Å²) in [6.07, 6.45) is 0. The molecule has 0 saturated carbocycles. The van der Waals surface area contributed by atoms with Gasteiger partial charge in [0.2, 0.25) is 0 Å². The number of hydrogen-bond donors (Lipinski definition) is 1. The summed E-state index contributed by atoms with van der Waals surface area (Å²) < 4.78 is 0. The lowest BCUT2D eigenvalue weighted by atomic mass is 10.1. The Bertz CT molecular complexity index is 556. The molecular weight excluding hydrogens is 252 g/mol. The molecule has 98 valence electrons. The highest BCUT2D eigenvalue weighted by molar-refractivity contribution is 8.13. The Labute approximate surface area is 118 Å². The van der Waals surface area contributed by atoms with Gasteiger partial charge in [0, 0.05) is 5.75 Å². The molecule has 2 N–H and O–H groups in total. The van der Waals surface area contributed by atoms with Crippen LogP contribution in [0.1, 0.15) is 16.7 Å². The molecule has 0 atom stereocenters. The molecule has 2 nitrogen and oxygen atoms in total. The van der Waals surface area contributed by atoms with Gasteiger partial charge in [0.25, 0.3) is 0 Å². The first-order valence-electron chi connectivity index (χ1n) is 6.24. The summed E-state index contributed by atoms with van der Waals surface area (Å²) >= 11 is 1.57. The Kier molecular flexibility index (Phi) is 4.63. The van der Waals surface area contributed by atoms with Crippen LogP contribution in [0, 0.1) is 13.8 Å². The number of hydrogen-bond acceptors (Lipinski definition) is 2. The van der Waals surface area contributed by atoms with Gasteiger partial charge in [-0.05, 0) is 30.5 Å². The molecule has 0 saturated heterocycles. The number of rotatable bonds is 3. The molecule has 19 heavy (non-hydrogen) atoms. The van der Waals surface area contributed by atoms with Gasteiger partial charge in [-0.1, -0.05) is 60.3 Å². The van der Waals surface area contributed by atoms with Crippen LogP contribution >= 0.6 is 11.8 Å². The van der Waals surface area contributed by atoms with Gasteiger partial charge >= 0.3 is 0 Å². The molecule has 0 heterocycles. The number of amidine groups is 1. The van der Waals surface area contributed by atoms with E-state index in [9.17, 15) is 0 Å². The van der Waals surface area contributed by atoms with E-state index in [-0.39, 0.29) is 0 Å². The first-order valence-corrected chi connectivity index (χ1v) is 7.22. The van der Waals surface area contributed by atoms with Gasteiger partial charge in [-0.15, -0.1) is 0 Å². The highest BCUT2D eigenvalue weighted by Crippen LogP contribution is 2.24. The maximum Gasteiger partial charge on any atom is 0.159 e. The summed E-state index contributed by atoms with van der Waals surface area (Å²) in [4.78, 5) is 4.53. The van der Waals surface area contributed by atoms with Crippen molar-refractivity contribution in [3.05, 3.63) is 65.2 Å². The third-order valence-corrected chi connectivity index (χ3v) is 3.76. The summed E-state index contributed by atoms with van der Waals surface area (Å²) in [5, 5.41) is 0.612. The number of benzene rings is 2. The molecular formula is C16H18N2S. The molecule has 0 unspecified atom stereocenters. The van der Waals surface area contributed by atoms with Crippen molar-refractivity contribution in [3.63, 3.8) is 0 Å². The molecule has 0 radical (unpaired) electrons. The van der Waals surface area contributed by atoms with Gasteiger partial charge in [0.1, 0.15) is 0 Å². The fourth-order valence-electron chi connectivity index (χ4n) is 1.86. The van der Waals surface area contributed by atoms with E-state index >= 15 is 0 Å². The molecule has 0 fully saturated rings. The average Bonchev–Trinajstić information content (AvgIpc) is 2.42.